The Morgan fingerprint density at radius 2 is 1.71 bits per heavy atom. The smallest absolute Gasteiger partial charge is 0.261 e. The lowest BCUT2D eigenvalue weighted by Crippen LogP contribution is -2.14. The molecule has 3 rings (SSSR count). The second kappa shape index (κ2) is 8.72. The third-order valence-corrected chi connectivity index (χ3v) is 6.74. The summed E-state index contributed by atoms with van der Waals surface area (Å²) >= 11 is 2.89. The van der Waals surface area contributed by atoms with Crippen LogP contribution < -0.4 is 10.0 Å². The number of nitrogens with one attached hydrogen (secondary N) is 2. The Bertz CT molecular complexity index is 1050. The van der Waals surface area contributed by atoms with Gasteiger partial charge in [-0.25, -0.2) is 8.42 Å². The van der Waals surface area contributed by atoms with Crippen LogP contribution in [0.5, 0.6) is 0 Å². The van der Waals surface area contributed by atoms with Crippen molar-refractivity contribution in [1.29, 1.82) is 0 Å². The molecule has 28 heavy (non-hydrogen) atoms. The van der Waals surface area contributed by atoms with Gasteiger partial charge in [-0.2, -0.15) is 0 Å². The van der Waals surface area contributed by atoms with Crippen LogP contribution in [0.25, 0.3) is 0 Å². The van der Waals surface area contributed by atoms with E-state index in [9.17, 15) is 13.2 Å². The minimum absolute atomic E-state index is 0.170. The first-order chi connectivity index (χ1) is 13.3. The highest BCUT2D eigenvalue weighted by Crippen LogP contribution is 2.28. The maximum absolute atomic E-state index is 12.3. The Labute approximate surface area is 171 Å². The second-order valence-electron chi connectivity index (χ2n) is 5.99. The molecule has 0 aliphatic carbocycles. The molecule has 1 aromatic heterocycles. The van der Waals surface area contributed by atoms with Crippen LogP contribution in [0.15, 0.2) is 63.8 Å². The fourth-order valence-electron chi connectivity index (χ4n) is 2.18. The molecule has 0 unspecified atom stereocenters. The van der Waals surface area contributed by atoms with E-state index in [1.165, 1.54) is 35.6 Å². The van der Waals surface area contributed by atoms with E-state index < -0.39 is 10.0 Å². The third kappa shape index (κ3) is 5.31. The van der Waals surface area contributed by atoms with Gasteiger partial charge >= 0.3 is 0 Å². The predicted molar refractivity (Wildman–Crippen MR) is 113 cm³/mol. The normalized spacial score (nSPS) is 11.4. The predicted octanol–water partition coefficient (Wildman–Crippen LogP) is 4.09. The van der Waals surface area contributed by atoms with Crippen molar-refractivity contribution in [3.8, 4) is 0 Å². The highest BCUT2D eigenvalue weighted by atomic mass is 32.2. The van der Waals surface area contributed by atoms with Gasteiger partial charge in [0.25, 0.3) is 15.9 Å². The molecule has 2 aromatic carbocycles. The molecule has 7 nitrogen and oxygen atoms in total. The Hall–Kier alpha value is -2.43. The van der Waals surface area contributed by atoms with Gasteiger partial charge < -0.3 is 0 Å². The molecule has 0 fully saturated rings. The molecule has 10 heteroatoms. The molecule has 0 bridgehead atoms. The van der Waals surface area contributed by atoms with Crippen LogP contribution in [0.1, 0.15) is 24.2 Å². The number of hydrogen-bond donors (Lipinski definition) is 2. The summed E-state index contributed by atoms with van der Waals surface area (Å²) in [5.41, 5.74) is 0.753. The fraction of sp³-hybridized carbons (Fsp3) is 0.167. The number of hydrogen-bond acceptors (Lipinski definition) is 7. The van der Waals surface area contributed by atoms with E-state index in [-0.39, 0.29) is 10.8 Å². The Balaban J connectivity index is 1.65. The highest BCUT2D eigenvalue weighted by Gasteiger charge is 2.15. The quantitative estimate of drug-likeness (QED) is 0.429. The van der Waals surface area contributed by atoms with E-state index in [0.29, 0.717) is 21.6 Å². The molecule has 0 aliphatic rings. The van der Waals surface area contributed by atoms with Gasteiger partial charge in [-0.15, -0.1) is 10.2 Å². The van der Waals surface area contributed by atoms with E-state index in [0.717, 1.165) is 4.34 Å². The van der Waals surface area contributed by atoms with Gasteiger partial charge in [0.1, 0.15) is 0 Å². The zero-order valence-corrected chi connectivity index (χ0v) is 17.6. The number of thioether (sulfide) groups is 1. The zero-order chi connectivity index (χ0) is 20.1. The van der Waals surface area contributed by atoms with Crippen LogP contribution in [-0.2, 0) is 10.0 Å². The maximum atomic E-state index is 12.3. The largest absolute Gasteiger partial charge is 0.296 e. The topological polar surface area (TPSA) is 101 Å². The van der Waals surface area contributed by atoms with Crippen molar-refractivity contribution in [2.45, 2.75) is 28.3 Å². The van der Waals surface area contributed by atoms with Crippen molar-refractivity contribution in [2.75, 3.05) is 10.0 Å². The lowest BCUT2D eigenvalue weighted by molar-refractivity contribution is 0.102. The zero-order valence-electron chi connectivity index (χ0n) is 15.1. The van der Waals surface area contributed by atoms with Gasteiger partial charge in [0.2, 0.25) is 5.13 Å². The summed E-state index contributed by atoms with van der Waals surface area (Å²) in [4.78, 5) is 12.5. The number of anilines is 2. The molecule has 1 heterocycles. The lowest BCUT2D eigenvalue weighted by atomic mass is 10.2. The molecule has 0 radical (unpaired) electrons. The Morgan fingerprint density at radius 3 is 2.36 bits per heavy atom. The first kappa shape index (κ1) is 20.3. The SMILES string of the molecule is CC(C)Sc1nnc(NC(=O)c2ccc(NS(=O)(=O)c3ccccc3)cc2)s1. The van der Waals surface area contributed by atoms with E-state index >= 15 is 0 Å². The number of sulfonamides is 1. The van der Waals surface area contributed by atoms with Crippen LogP contribution in [0, 0.1) is 0 Å². The van der Waals surface area contributed by atoms with Crippen molar-refractivity contribution in [2.24, 2.45) is 0 Å². The molecule has 0 spiro atoms. The van der Waals surface area contributed by atoms with Gasteiger partial charge in [-0.1, -0.05) is 55.1 Å². The maximum Gasteiger partial charge on any atom is 0.261 e. The van der Waals surface area contributed by atoms with Gasteiger partial charge in [0.15, 0.2) is 4.34 Å². The molecule has 0 saturated heterocycles. The summed E-state index contributed by atoms with van der Waals surface area (Å²) < 4.78 is 27.9. The Kier molecular flexibility index (Phi) is 6.32. The van der Waals surface area contributed by atoms with Gasteiger partial charge in [0, 0.05) is 16.5 Å². The molecular formula is C18H18N4O3S3. The van der Waals surface area contributed by atoms with Crippen LogP contribution in [0.3, 0.4) is 0 Å². The monoisotopic (exact) mass is 434 g/mol. The summed E-state index contributed by atoms with van der Waals surface area (Å²) in [6.07, 6.45) is 0. The number of rotatable bonds is 7. The van der Waals surface area contributed by atoms with Gasteiger partial charge in [-0.05, 0) is 36.4 Å². The van der Waals surface area contributed by atoms with Crippen LogP contribution in [0.2, 0.25) is 0 Å². The molecular weight excluding hydrogens is 416 g/mol. The summed E-state index contributed by atoms with van der Waals surface area (Å²) in [6, 6.07) is 14.2. The molecule has 146 valence electrons. The van der Waals surface area contributed by atoms with E-state index in [1.54, 1.807) is 42.1 Å². The number of aromatic nitrogens is 2. The van der Waals surface area contributed by atoms with Crippen LogP contribution >= 0.6 is 23.1 Å². The molecule has 0 atom stereocenters. The lowest BCUT2D eigenvalue weighted by Gasteiger charge is -2.08. The summed E-state index contributed by atoms with van der Waals surface area (Å²) in [6.45, 7) is 4.11. The minimum Gasteiger partial charge on any atom is -0.296 e. The molecule has 2 N–H and O–H groups in total. The summed E-state index contributed by atoms with van der Waals surface area (Å²) in [5.74, 6) is -0.338. The second-order valence-corrected chi connectivity index (χ2v) is 10.5. The average molecular weight is 435 g/mol. The third-order valence-electron chi connectivity index (χ3n) is 3.42. The molecule has 1 amide bonds. The number of carbonyl (C=O) groups is 1. The van der Waals surface area contributed by atoms with Crippen molar-refractivity contribution in [3.05, 3.63) is 60.2 Å². The van der Waals surface area contributed by atoms with Crippen molar-refractivity contribution < 1.29 is 13.2 Å². The van der Waals surface area contributed by atoms with Crippen molar-refractivity contribution in [1.82, 2.24) is 10.2 Å². The Morgan fingerprint density at radius 1 is 1.04 bits per heavy atom. The molecule has 3 aromatic rings. The van der Waals surface area contributed by atoms with E-state index in [1.807, 2.05) is 0 Å². The van der Waals surface area contributed by atoms with Gasteiger partial charge in [-0.3, -0.25) is 14.8 Å². The number of benzene rings is 2. The van der Waals surface area contributed by atoms with E-state index in [2.05, 4.69) is 34.1 Å². The first-order valence-electron chi connectivity index (χ1n) is 8.33. The highest BCUT2D eigenvalue weighted by molar-refractivity contribution is 8.01. The van der Waals surface area contributed by atoms with Crippen molar-refractivity contribution >= 4 is 49.8 Å². The minimum atomic E-state index is -3.67. The molecule has 0 aliphatic heterocycles. The van der Waals surface area contributed by atoms with Crippen LogP contribution in [0.4, 0.5) is 10.8 Å². The molecule has 0 saturated carbocycles. The number of amides is 1. The number of nitrogens with zero attached hydrogens (tertiary/aromatic N) is 2. The van der Waals surface area contributed by atoms with Gasteiger partial charge in [0.05, 0.1) is 4.90 Å². The average Bonchev–Trinajstić information content (AvgIpc) is 3.08. The fourth-order valence-corrected chi connectivity index (χ4v) is 5.23. The van der Waals surface area contributed by atoms with E-state index in [4.69, 9.17) is 0 Å². The standard InChI is InChI=1S/C18H18N4O3S3/c1-12(2)26-18-21-20-17(27-18)19-16(23)13-8-10-14(11-9-13)22-28(24,25)15-6-4-3-5-7-15/h3-12,22H,1-2H3,(H,19,20,23). The van der Waals surface area contributed by atoms with Crippen molar-refractivity contribution in [3.63, 3.8) is 0 Å². The van der Waals surface area contributed by atoms with Crippen LogP contribution in [-0.4, -0.2) is 29.8 Å². The summed E-state index contributed by atoms with van der Waals surface area (Å²) in [5, 5.41) is 11.5. The first-order valence-corrected chi connectivity index (χ1v) is 11.5. The number of carbonyl (C=O) groups excluding carboxylic acids is 1. The summed E-state index contributed by atoms with van der Waals surface area (Å²) in [7, 11) is -3.67.